The Kier molecular flexibility index (Phi) is 5.15. The van der Waals surface area contributed by atoms with E-state index in [2.05, 4.69) is 15.9 Å². The van der Waals surface area contributed by atoms with E-state index in [1.807, 2.05) is 6.07 Å². The van der Waals surface area contributed by atoms with Gasteiger partial charge < -0.3 is 10.5 Å². The van der Waals surface area contributed by atoms with Crippen LogP contribution in [0.15, 0.2) is 22.7 Å². The molecule has 1 fully saturated rings. The molecule has 1 saturated carbocycles. The number of benzene rings is 1. The quantitative estimate of drug-likeness (QED) is 0.902. The molecule has 0 amide bonds. The van der Waals surface area contributed by atoms with E-state index in [9.17, 15) is 4.39 Å². The summed E-state index contributed by atoms with van der Waals surface area (Å²) in [6, 6.07) is 4.85. The zero-order valence-corrected chi connectivity index (χ0v) is 12.0. The van der Waals surface area contributed by atoms with Crippen molar-refractivity contribution in [2.24, 2.45) is 17.6 Å². The van der Waals surface area contributed by atoms with Gasteiger partial charge in [0.25, 0.3) is 0 Å². The maximum absolute atomic E-state index is 13.2. The van der Waals surface area contributed by atoms with E-state index < -0.39 is 0 Å². The Labute approximate surface area is 116 Å². The van der Waals surface area contributed by atoms with Crippen LogP contribution in [0.4, 0.5) is 4.39 Å². The summed E-state index contributed by atoms with van der Waals surface area (Å²) in [5, 5.41) is 0. The highest BCUT2D eigenvalue weighted by Crippen LogP contribution is 2.31. The lowest BCUT2D eigenvalue weighted by Crippen LogP contribution is -2.22. The van der Waals surface area contributed by atoms with Crippen molar-refractivity contribution in [3.05, 3.63) is 34.1 Å². The Balaban J connectivity index is 1.81. The van der Waals surface area contributed by atoms with E-state index in [0.717, 1.165) is 23.2 Å². The molecule has 0 saturated heterocycles. The molecule has 4 heteroatoms. The van der Waals surface area contributed by atoms with E-state index >= 15 is 0 Å². The molecule has 1 aromatic rings. The van der Waals surface area contributed by atoms with Gasteiger partial charge in [0.05, 0.1) is 13.2 Å². The molecule has 2 unspecified atom stereocenters. The van der Waals surface area contributed by atoms with Crippen LogP contribution in [0.25, 0.3) is 0 Å². The molecule has 1 aliphatic carbocycles. The van der Waals surface area contributed by atoms with Gasteiger partial charge in [-0.25, -0.2) is 4.39 Å². The van der Waals surface area contributed by atoms with Crippen LogP contribution in [0, 0.1) is 17.7 Å². The highest BCUT2D eigenvalue weighted by molar-refractivity contribution is 9.10. The first-order chi connectivity index (χ1) is 8.69. The number of halogens is 2. The summed E-state index contributed by atoms with van der Waals surface area (Å²) in [7, 11) is 0. The first kappa shape index (κ1) is 14.0. The SMILES string of the molecule is NCC1CCCC1COCc1cc(F)cc(Br)c1. The van der Waals surface area contributed by atoms with Crippen LogP contribution in [0.1, 0.15) is 24.8 Å². The number of hydrogen-bond donors (Lipinski definition) is 1. The second kappa shape index (κ2) is 6.64. The van der Waals surface area contributed by atoms with Crippen molar-refractivity contribution in [2.75, 3.05) is 13.2 Å². The van der Waals surface area contributed by atoms with Gasteiger partial charge >= 0.3 is 0 Å². The van der Waals surface area contributed by atoms with Crippen molar-refractivity contribution in [2.45, 2.75) is 25.9 Å². The number of rotatable bonds is 5. The monoisotopic (exact) mass is 315 g/mol. The third-order valence-corrected chi connectivity index (χ3v) is 4.10. The van der Waals surface area contributed by atoms with Gasteiger partial charge in [-0.1, -0.05) is 22.4 Å². The van der Waals surface area contributed by atoms with Gasteiger partial charge in [0.15, 0.2) is 0 Å². The topological polar surface area (TPSA) is 35.2 Å². The average molecular weight is 316 g/mol. The fourth-order valence-electron chi connectivity index (χ4n) is 2.67. The number of nitrogens with two attached hydrogens (primary N) is 1. The Bertz CT molecular complexity index is 379. The van der Waals surface area contributed by atoms with Crippen LogP contribution < -0.4 is 5.73 Å². The normalized spacial score (nSPS) is 23.5. The van der Waals surface area contributed by atoms with Gasteiger partial charge in [0, 0.05) is 4.47 Å². The lowest BCUT2D eigenvalue weighted by Gasteiger charge is -2.17. The maximum Gasteiger partial charge on any atom is 0.124 e. The summed E-state index contributed by atoms with van der Waals surface area (Å²) < 4.78 is 19.6. The third kappa shape index (κ3) is 3.77. The lowest BCUT2D eigenvalue weighted by atomic mass is 9.97. The molecule has 0 bridgehead atoms. The Morgan fingerprint density at radius 1 is 1.28 bits per heavy atom. The minimum atomic E-state index is -0.233. The Hall–Kier alpha value is -0.450. The van der Waals surface area contributed by atoms with E-state index in [0.29, 0.717) is 18.4 Å². The molecule has 2 atom stereocenters. The second-order valence-corrected chi connectivity index (χ2v) is 5.90. The van der Waals surface area contributed by atoms with E-state index in [4.69, 9.17) is 10.5 Å². The van der Waals surface area contributed by atoms with Gasteiger partial charge in [-0.15, -0.1) is 0 Å². The van der Waals surface area contributed by atoms with Crippen LogP contribution in [-0.2, 0) is 11.3 Å². The van der Waals surface area contributed by atoms with Crippen LogP contribution in [-0.4, -0.2) is 13.2 Å². The van der Waals surface area contributed by atoms with Gasteiger partial charge in [0.2, 0.25) is 0 Å². The van der Waals surface area contributed by atoms with Crippen LogP contribution in [0.2, 0.25) is 0 Å². The average Bonchev–Trinajstić information content (AvgIpc) is 2.75. The summed E-state index contributed by atoms with van der Waals surface area (Å²) in [6.45, 7) is 1.94. The zero-order chi connectivity index (χ0) is 13.0. The summed E-state index contributed by atoms with van der Waals surface area (Å²) >= 11 is 3.28. The molecule has 0 spiro atoms. The van der Waals surface area contributed by atoms with Gasteiger partial charge in [0.1, 0.15) is 5.82 Å². The molecule has 0 aliphatic heterocycles. The van der Waals surface area contributed by atoms with Crippen LogP contribution >= 0.6 is 15.9 Å². The van der Waals surface area contributed by atoms with Crippen molar-refractivity contribution in [3.8, 4) is 0 Å². The molecule has 0 aromatic heterocycles. The molecular weight excluding hydrogens is 297 g/mol. The van der Waals surface area contributed by atoms with Crippen molar-refractivity contribution in [3.63, 3.8) is 0 Å². The fourth-order valence-corrected chi connectivity index (χ4v) is 3.18. The summed E-state index contributed by atoms with van der Waals surface area (Å²) in [5.74, 6) is 0.944. The van der Waals surface area contributed by atoms with Gasteiger partial charge in [-0.2, -0.15) is 0 Å². The Morgan fingerprint density at radius 2 is 2.06 bits per heavy atom. The van der Waals surface area contributed by atoms with Crippen molar-refractivity contribution in [1.29, 1.82) is 0 Å². The second-order valence-electron chi connectivity index (χ2n) is 4.98. The molecule has 100 valence electrons. The summed E-state index contributed by atoms with van der Waals surface area (Å²) in [6.07, 6.45) is 3.67. The first-order valence-electron chi connectivity index (χ1n) is 6.42. The minimum Gasteiger partial charge on any atom is -0.376 e. The third-order valence-electron chi connectivity index (χ3n) is 3.64. The summed E-state index contributed by atoms with van der Waals surface area (Å²) in [5.41, 5.74) is 6.60. The molecule has 2 N–H and O–H groups in total. The van der Waals surface area contributed by atoms with Crippen molar-refractivity contribution >= 4 is 15.9 Å². The highest BCUT2D eigenvalue weighted by Gasteiger charge is 2.25. The van der Waals surface area contributed by atoms with Crippen molar-refractivity contribution < 1.29 is 9.13 Å². The van der Waals surface area contributed by atoms with E-state index in [-0.39, 0.29) is 5.82 Å². The lowest BCUT2D eigenvalue weighted by molar-refractivity contribution is 0.0752. The molecule has 18 heavy (non-hydrogen) atoms. The highest BCUT2D eigenvalue weighted by atomic mass is 79.9. The molecule has 2 rings (SSSR count). The fraction of sp³-hybridized carbons (Fsp3) is 0.571. The Morgan fingerprint density at radius 3 is 2.78 bits per heavy atom. The zero-order valence-electron chi connectivity index (χ0n) is 10.4. The molecular formula is C14H19BrFNO. The number of ether oxygens (including phenoxy) is 1. The smallest absolute Gasteiger partial charge is 0.124 e. The molecule has 2 nitrogen and oxygen atoms in total. The predicted molar refractivity (Wildman–Crippen MR) is 73.6 cm³/mol. The molecule has 0 radical (unpaired) electrons. The molecule has 1 aromatic carbocycles. The largest absolute Gasteiger partial charge is 0.376 e. The standard InChI is InChI=1S/C14H19BrFNO/c15-13-4-10(5-14(16)6-13)8-18-9-12-3-1-2-11(12)7-17/h4-6,11-12H,1-3,7-9,17H2. The van der Waals surface area contributed by atoms with Crippen LogP contribution in [0.3, 0.4) is 0 Å². The molecule has 0 heterocycles. The van der Waals surface area contributed by atoms with Crippen molar-refractivity contribution in [1.82, 2.24) is 0 Å². The first-order valence-corrected chi connectivity index (χ1v) is 7.21. The number of hydrogen-bond acceptors (Lipinski definition) is 2. The molecule has 1 aliphatic rings. The summed E-state index contributed by atoms with van der Waals surface area (Å²) in [4.78, 5) is 0. The van der Waals surface area contributed by atoms with E-state index in [1.165, 1.54) is 31.4 Å². The van der Waals surface area contributed by atoms with Crippen LogP contribution in [0.5, 0.6) is 0 Å². The predicted octanol–water partition coefficient (Wildman–Crippen LogP) is 3.48. The maximum atomic E-state index is 13.2. The minimum absolute atomic E-state index is 0.233. The van der Waals surface area contributed by atoms with E-state index in [1.54, 1.807) is 0 Å². The van der Waals surface area contributed by atoms with Gasteiger partial charge in [-0.05, 0) is 55.0 Å². The van der Waals surface area contributed by atoms with Gasteiger partial charge in [-0.3, -0.25) is 0 Å².